The Kier molecular flexibility index (Phi) is 5.92. The van der Waals surface area contributed by atoms with Crippen molar-refractivity contribution in [2.24, 2.45) is 5.92 Å². The van der Waals surface area contributed by atoms with Gasteiger partial charge in [-0.1, -0.05) is 24.9 Å². The minimum atomic E-state index is 0.613. The molecule has 0 aromatic carbocycles. The van der Waals surface area contributed by atoms with E-state index in [0.29, 0.717) is 10.9 Å². The summed E-state index contributed by atoms with van der Waals surface area (Å²) < 4.78 is 0.921. The number of pyridine rings is 1. The van der Waals surface area contributed by atoms with Gasteiger partial charge in [0.2, 0.25) is 0 Å². The maximum atomic E-state index is 5.88. The van der Waals surface area contributed by atoms with E-state index in [-0.39, 0.29) is 0 Å². The molecule has 1 fully saturated rings. The monoisotopic (exact) mass is 345 g/mol. The molecular formula is C14H21BrClN3. The second-order valence-corrected chi connectivity index (χ2v) is 6.62. The normalized spacial score (nSPS) is 18.3. The molecule has 19 heavy (non-hydrogen) atoms. The maximum Gasteiger partial charge on any atom is 0.140 e. The number of nitrogens with one attached hydrogen (secondary N) is 1. The lowest BCUT2D eigenvalue weighted by Gasteiger charge is -2.29. The highest BCUT2D eigenvalue weighted by atomic mass is 79.9. The lowest BCUT2D eigenvalue weighted by Crippen LogP contribution is -2.35. The molecule has 1 unspecified atom stereocenters. The fourth-order valence-corrected chi connectivity index (χ4v) is 3.24. The number of piperidine rings is 1. The molecule has 2 heterocycles. The minimum absolute atomic E-state index is 0.613. The van der Waals surface area contributed by atoms with Crippen molar-refractivity contribution in [1.82, 2.24) is 9.88 Å². The molecule has 2 rings (SSSR count). The summed E-state index contributed by atoms with van der Waals surface area (Å²) in [5, 5.41) is 4.04. The summed E-state index contributed by atoms with van der Waals surface area (Å²) in [6.07, 6.45) is 5.77. The van der Waals surface area contributed by atoms with Gasteiger partial charge >= 0.3 is 0 Å². The third-order valence-electron chi connectivity index (χ3n) is 3.44. The third-order valence-corrected chi connectivity index (χ3v) is 4.26. The largest absolute Gasteiger partial charge is 0.369 e. The van der Waals surface area contributed by atoms with Crippen LogP contribution in [0.1, 0.15) is 26.2 Å². The molecule has 0 amide bonds. The van der Waals surface area contributed by atoms with E-state index in [2.05, 4.69) is 38.1 Å². The van der Waals surface area contributed by atoms with Crippen molar-refractivity contribution in [2.75, 3.05) is 31.5 Å². The number of aromatic nitrogens is 1. The highest BCUT2D eigenvalue weighted by molar-refractivity contribution is 9.10. The van der Waals surface area contributed by atoms with Crippen LogP contribution in [0.3, 0.4) is 0 Å². The molecule has 0 bridgehead atoms. The van der Waals surface area contributed by atoms with Gasteiger partial charge in [0.25, 0.3) is 0 Å². The summed E-state index contributed by atoms with van der Waals surface area (Å²) in [5.74, 6) is 1.48. The van der Waals surface area contributed by atoms with E-state index >= 15 is 0 Å². The number of halogens is 2. The van der Waals surface area contributed by atoms with Crippen LogP contribution in [0.15, 0.2) is 16.7 Å². The van der Waals surface area contributed by atoms with Gasteiger partial charge in [0.1, 0.15) is 5.82 Å². The van der Waals surface area contributed by atoms with Gasteiger partial charge < -0.3 is 10.2 Å². The van der Waals surface area contributed by atoms with E-state index in [9.17, 15) is 0 Å². The average molecular weight is 347 g/mol. The smallest absolute Gasteiger partial charge is 0.140 e. The van der Waals surface area contributed by atoms with Gasteiger partial charge in [-0.05, 0) is 53.8 Å². The molecule has 0 saturated carbocycles. The lowest BCUT2D eigenvalue weighted by molar-refractivity contribution is 0.204. The molecule has 1 aromatic rings. The predicted octanol–water partition coefficient (Wildman–Crippen LogP) is 4.03. The van der Waals surface area contributed by atoms with Crippen molar-refractivity contribution < 1.29 is 0 Å². The van der Waals surface area contributed by atoms with Crippen LogP contribution in [0, 0.1) is 5.92 Å². The number of hydrogen-bond donors (Lipinski definition) is 1. The van der Waals surface area contributed by atoms with E-state index in [1.807, 2.05) is 6.07 Å². The van der Waals surface area contributed by atoms with E-state index in [0.717, 1.165) is 23.4 Å². The quantitative estimate of drug-likeness (QED) is 0.872. The number of likely N-dealkylation sites (tertiary alicyclic amines) is 1. The zero-order chi connectivity index (χ0) is 13.7. The zero-order valence-corrected chi connectivity index (χ0v) is 13.7. The molecule has 3 nitrogen and oxygen atoms in total. The minimum Gasteiger partial charge on any atom is -0.369 e. The zero-order valence-electron chi connectivity index (χ0n) is 11.3. The van der Waals surface area contributed by atoms with Crippen LogP contribution in [0.4, 0.5) is 5.82 Å². The summed E-state index contributed by atoms with van der Waals surface area (Å²) in [7, 11) is 0. The molecule has 0 spiro atoms. The summed E-state index contributed by atoms with van der Waals surface area (Å²) in [6.45, 7) is 6.90. The maximum absolute atomic E-state index is 5.88. The molecule has 5 heteroatoms. The SMILES string of the molecule is CC(CNc1ncc(Cl)cc1Br)CN1CCCCC1. The average Bonchev–Trinajstić information content (AvgIpc) is 2.39. The first kappa shape index (κ1) is 15.1. The van der Waals surface area contributed by atoms with Gasteiger partial charge in [-0.25, -0.2) is 4.98 Å². The Morgan fingerprint density at radius 3 is 2.84 bits per heavy atom. The molecular weight excluding hydrogens is 326 g/mol. The second kappa shape index (κ2) is 7.46. The lowest BCUT2D eigenvalue weighted by atomic mass is 10.1. The van der Waals surface area contributed by atoms with Gasteiger partial charge in [0.05, 0.1) is 9.50 Å². The van der Waals surface area contributed by atoms with Crippen LogP contribution in [-0.2, 0) is 0 Å². The van der Waals surface area contributed by atoms with Gasteiger partial charge in [0.15, 0.2) is 0 Å². The first-order chi connectivity index (χ1) is 9.15. The fourth-order valence-electron chi connectivity index (χ4n) is 2.46. The Hall–Kier alpha value is -0.320. The Labute approximate surface area is 128 Å². The molecule has 0 aliphatic carbocycles. The summed E-state index contributed by atoms with van der Waals surface area (Å²) in [6, 6.07) is 1.87. The van der Waals surface area contributed by atoms with Gasteiger partial charge in [-0.15, -0.1) is 0 Å². The molecule has 1 saturated heterocycles. The Morgan fingerprint density at radius 2 is 2.16 bits per heavy atom. The van der Waals surface area contributed by atoms with Crippen LogP contribution in [-0.4, -0.2) is 36.1 Å². The Morgan fingerprint density at radius 1 is 1.42 bits per heavy atom. The first-order valence-electron chi connectivity index (χ1n) is 6.92. The summed E-state index contributed by atoms with van der Waals surface area (Å²) in [4.78, 5) is 6.86. The molecule has 1 N–H and O–H groups in total. The topological polar surface area (TPSA) is 28.2 Å². The van der Waals surface area contributed by atoms with Gasteiger partial charge in [-0.2, -0.15) is 0 Å². The Bertz CT molecular complexity index is 408. The highest BCUT2D eigenvalue weighted by Gasteiger charge is 2.13. The molecule has 0 radical (unpaired) electrons. The standard InChI is InChI=1S/C14H21BrClN3/c1-11(10-19-5-3-2-4-6-19)8-17-14-13(15)7-12(16)9-18-14/h7,9,11H,2-6,8,10H2,1H3,(H,17,18). The molecule has 1 aliphatic rings. The van der Waals surface area contributed by atoms with E-state index in [4.69, 9.17) is 11.6 Å². The van der Waals surface area contributed by atoms with Crippen LogP contribution in [0.2, 0.25) is 5.02 Å². The van der Waals surface area contributed by atoms with Crippen molar-refractivity contribution in [1.29, 1.82) is 0 Å². The molecule has 1 aromatic heterocycles. The van der Waals surface area contributed by atoms with Gasteiger partial charge in [-0.3, -0.25) is 0 Å². The molecule has 106 valence electrons. The van der Waals surface area contributed by atoms with Crippen molar-refractivity contribution in [3.8, 4) is 0 Å². The van der Waals surface area contributed by atoms with Crippen LogP contribution >= 0.6 is 27.5 Å². The van der Waals surface area contributed by atoms with Crippen molar-refractivity contribution in [3.05, 3.63) is 21.8 Å². The molecule has 1 aliphatic heterocycles. The first-order valence-corrected chi connectivity index (χ1v) is 8.09. The van der Waals surface area contributed by atoms with Crippen molar-refractivity contribution in [2.45, 2.75) is 26.2 Å². The third kappa shape index (κ3) is 4.93. The van der Waals surface area contributed by atoms with Crippen molar-refractivity contribution in [3.63, 3.8) is 0 Å². The predicted molar refractivity (Wildman–Crippen MR) is 84.9 cm³/mol. The number of anilines is 1. The van der Waals surface area contributed by atoms with Crippen LogP contribution in [0.5, 0.6) is 0 Å². The van der Waals surface area contributed by atoms with Crippen LogP contribution in [0.25, 0.3) is 0 Å². The summed E-state index contributed by atoms with van der Waals surface area (Å²) >= 11 is 9.36. The molecule has 1 atom stereocenters. The van der Waals surface area contributed by atoms with E-state index in [1.165, 1.54) is 32.4 Å². The van der Waals surface area contributed by atoms with Gasteiger partial charge in [0, 0.05) is 19.3 Å². The fraction of sp³-hybridized carbons (Fsp3) is 0.643. The second-order valence-electron chi connectivity index (χ2n) is 5.33. The van der Waals surface area contributed by atoms with E-state index in [1.54, 1.807) is 6.20 Å². The number of rotatable bonds is 5. The summed E-state index contributed by atoms with van der Waals surface area (Å²) in [5.41, 5.74) is 0. The van der Waals surface area contributed by atoms with E-state index < -0.39 is 0 Å². The highest BCUT2D eigenvalue weighted by Crippen LogP contribution is 2.23. The number of hydrogen-bond acceptors (Lipinski definition) is 3. The van der Waals surface area contributed by atoms with Crippen LogP contribution < -0.4 is 5.32 Å². The number of nitrogens with zero attached hydrogens (tertiary/aromatic N) is 2. The Balaban J connectivity index is 1.77. The van der Waals surface area contributed by atoms with Crippen molar-refractivity contribution >= 4 is 33.3 Å².